The number of amides is 1. The van der Waals surface area contributed by atoms with E-state index in [1.807, 2.05) is 19.9 Å². The van der Waals surface area contributed by atoms with Crippen LogP contribution < -0.4 is 4.74 Å². The SMILES string of the molecule is CCCCCN1C(=O)C(=O)/C(=C(\O)c2ccc(OCCC)c(C)c2)C1c1cccnc1. The van der Waals surface area contributed by atoms with Crippen molar-refractivity contribution in [2.24, 2.45) is 0 Å². The van der Waals surface area contributed by atoms with Crippen molar-refractivity contribution >= 4 is 17.4 Å². The molecule has 1 aliphatic rings. The van der Waals surface area contributed by atoms with Gasteiger partial charge in [0.25, 0.3) is 11.7 Å². The van der Waals surface area contributed by atoms with Crippen LogP contribution in [0.3, 0.4) is 0 Å². The topological polar surface area (TPSA) is 79.7 Å². The van der Waals surface area contributed by atoms with Crippen LogP contribution in [0.1, 0.15) is 62.3 Å². The summed E-state index contributed by atoms with van der Waals surface area (Å²) in [5.74, 6) is -0.671. The summed E-state index contributed by atoms with van der Waals surface area (Å²) in [6.45, 7) is 7.08. The molecule has 1 unspecified atom stereocenters. The van der Waals surface area contributed by atoms with Gasteiger partial charge < -0.3 is 14.7 Å². The summed E-state index contributed by atoms with van der Waals surface area (Å²) in [5.41, 5.74) is 2.16. The van der Waals surface area contributed by atoms with Crippen molar-refractivity contribution in [3.8, 4) is 5.75 Å². The van der Waals surface area contributed by atoms with E-state index in [9.17, 15) is 14.7 Å². The molecule has 0 radical (unpaired) electrons. The van der Waals surface area contributed by atoms with Crippen LogP contribution in [0.15, 0.2) is 48.3 Å². The Kier molecular flexibility index (Phi) is 7.45. The van der Waals surface area contributed by atoms with E-state index >= 15 is 0 Å². The molecule has 0 spiro atoms. The summed E-state index contributed by atoms with van der Waals surface area (Å²) in [4.78, 5) is 31.6. The number of aryl methyl sites for hydroxylation is 1. The normalized spacial score (nSPS) is 17.9. The number of rotatable bonds is 9. The number of aliphatic hydroxyl groups is 1. The van der Waals surface area contributed by atoms with Crippen molar-refractivity contribution < 1.29 is 19.4 Å². The molecule has 0 bridgehead atoms. The highest BCUT2D eigenvalue weighted by Gasteiger charge is 2.45. The fourth-order valence-electron chi connectivity index (χ4n) is 3.85. The number of likely N-dealkylation sites (tertiary alicyclic amines) is 1. The molecular weight excluding hydrogens is 392 g/mol. The number of carbonyl (C=O) groups is 2. The molecule has 3 rings (SSSR count). The Morgan fingerprint density at radius 3 is 2.61 bits per heavy atom. The average Bonchev–Trinajstić information content (AvgIpc) is 3.03. The lowest BCUT2D eigenvalue weighted by molar-refractivity contribution is -0.139. The largest absolute Gasteiger partial charge is 0.507 e. The van der Waals surface area contributed by atoms with E-state index < -0.39 is 17.7 Å². The standard InChI is InChI=1S/C25H30N2O4/c1-4-6-7-13-27-22(19-9-8-12-26-16-19)21(24(29)25(27)30)23(28)18-10-11-20(17(3)15-18)31-14-5-2/h8-12,15-16,22,28H,4-7,13-14H2,1-3H3/b23-21-. The average molecular weight is 423 g/mol. The van der Waals surface area contributed by atoms with Crippen molar-refractivity contribution in [1.82, 2.24) is 9.88 Å². The Morgan fingerprint density at radius 1 is 1.16 bits per heavy atom. The number of aliphatic hydroxyl groups excluding tert-OH is 1. The van der Waals surface area contributed by atoms with E-state index in [0.717, 1.165) is 37.0 Å². The first kappa shape index (κ1) is 22.5. The number of benzene rings is 1. The molecule has 2 aromatic rings. The quantitative estimate of drug-likeness (QED) is 0.272. The van der Waals surface area contributed by atoms with Gasteiger partial charge in [0.05, 0.1) is 18.2 Å². The lowest BCUT2D eigenvalue weighted by Crippen LogP contribution is -2.30. The van der Waals surface area contributed by atoms with E-state index in [1.165, 1.54) is 0 Å². The second-order valence-electron chi connectivity index (χ2n) is 7.81. The van der Waals surface area contributed by atoms with Gasteiger partial charge in [-0.25, -0.2) is 0 Å². The van der Waals surface area contributed by atoms with Crippen molar-refractivity contribution in [3.63, 3.8) is 0 Å². The smallest absolute Gasteiger partial charge is 0.295 e. The van der Waals surface area contributed by atoms with Crippen molar-refractivity contribution in [3.05, 3.63) is 65.0 Å². The van der Waals surface area contributed by atoms with Crippen LogP contribution in [0.5, 0.6) is 5.75 Å². The minimum Gasteiger partial charge on any atom is -0.507 e. The van der Waals surface area contributed by atoms with Gasteiger partial charge in [-0.1, -0.05) is 32.8 Å². The summed E-state index contributed by atoms with van der Waals surface area (Å²) >= 11 is 0. The molecule has 31 heavy (non-hydrogen) atoms. The maximum atomic E-state index is 13.0. The first-order valence-corrected chi connectivity index (χ1v) is 10.9. The van der Waals surface area contributed by atoms with Gasteiger partial charge in [0.1, 0.15) is 11.5 Å². The Morgan fingerprint density at radius 2 is 1.97 bits per heavy atom. The van der Waals surface area contributed by atoms with Gasteiger partial charge in [-0.15, -0.1) is 0 Å². The summed E-state index contributed by atoms with van der Waals surface area (Å²) in [6, 6.07) is 8.24. The number of unbranched alkanes of at least 4 members (excludes halogenated alkanes) is 2. The van der Waals surface area contributed by atoms with Crippen LogP contribution in [0.25, 0.3) is 5.76 Å². The number of ketones is 1. The molecule has 164 valence electrons. The number of carbonyl (C=O) groups excluding carboxylic acids is 2. The van der Waals surface area contributed by atoms with Gasteiger partial charge >= 0.3 is 0 Å². The molecule has 1 aromatic carbocycles. The van der Waals surface area contributed by atoms with Crippen LogP contribution >= 0.6 is 0 Å². The molecule has 1 atom stereocenters. The predicted molar refractivity (Wildman–Crippen MR) is 120 cm³/mol. The van der Waals surface area contributed by atoms with Crippen molar-refractivity contribution in [2.75, 3.05) is 13.2 Å². The Balaban J connectivity index is 2.05. The number of hydrogen-bond donors (Lipinski definition) is 1. The third-order valence-electron chi connectivity index (χ3n) is 5.45. The molecule has 6 heteroatoms. The number of Topliss-reactive ketones (excluding diaryl/α,β-unsaturated/α-hetero) is 1. The highest BCUT2D eigenvalue weighted by Crippen LogP contribution is 2.39. The molecule has 1 aliphatic heterocycles. The number of ether oxygens (including phenoxy) is 1. The van der Waals surface area contributed by atoms with Crippen LogP contribution in [0.4, 0.5) is 0 Å². The van der Waals surface area contributed by atoms with E-state index in [-0.39, 0.29) is 11.3 Å². The lowest BCUT2D eigenvalue weighted by atomic mass is 9.95. The maximum absolute atomic E-state index is 13.0. The van der Waals surface area contributed by atoms with Gasteiger partial charge in [0.15, 0.2) is 0 Å². The molecule has 1 N–H and O–H groups in total. The fraction of sp³-hybridized carbons (Fsp3) is 0.400. The van der Waals surface area contributed by atoms with Crippen LogP contribution in [0.2, 0.25) is 0 Å². The molecule has 0 saturated carbocycles. The van der Waals surface area contributed by atoms with Crippen LogP contribution in [-0.4, -0.2) is 39.8 Å². The number of pyridine rings is 1. The second kappa shape index (κ2) is 10.2. The van der Waals surface area contributed by atoms with Gasteiger partial charge in [-0.05, 0) is 55.2 Å². The Hall–Kier alpha value is -3.15. The van der Waals surface area contributed by atoms with E-state index in [4.69, 9.17) is 4.74 Å². The summed E-state index contributed by atoms with van der Waals surface area (Å²) < 4.78 is 5.71. The molecule has 6 nitrogen and oxygen atoms in total. The highest BCUT2D eigenvalue weighted by molar-refractivity contribution is 6.46. The zero-order chi connectivity index (χ0) is 22.4. The molecule has 2 heterocycles. The molecule has 1 saturated heterocycles. The summed E-state index contributed by atoms with van der Waals surface area (Å²) in [6.07, 6.45) is 6.94. The summed E-state index contributed by atoms with van der Waals surface area (Å²) in [5, 5.41) is 11.1. The minimum atomic E-state index is -0.660. The molecule has 0 aliphatic carbocycles. The fourth-order valence-corrected chi connectivity index (χ4v) is 3.85. The number of aromatic nitrogens is 1. The van der Waals surface area contributed by atoms with Crippen molar-refractivity contribution in [1.29, 1.82) is 0 Å². The molecular formula is C25H30N2O4. The van der Waals surface area contributed by atoms with Crippen LogP contribution in [-0.2, 0) is 9.59 Å². The van der Waals surface area contributed by atoms with Gasteiger partial charge in [-0.2, -0.15) is 0 Å². The molecule has 1 fully saturated rings. The van der Waals surface area contributed by atoms with E-state index in [2.05, 4.69) is 11.9 Å². The van der Waals surface area contributed by atoms with Crippen LogP contribution in [0, 0.1) is 6.92 Å². The first-order valence-electron chi connectivity index (χ1n) is 10.9. The maximum Gasteiger partial charge on any atom is 0.295 e. The number of nitrogens with zero attached hydrogens (tertiary/aromatic N) is 2. The predicted octanol–water partition coefficient (Wildman–Crippen LogP) is 4.79. The zero-order valence-electron chi connectivity index (χ0n) is 18.4. The van der Waals surface area contributed by atoms with Crippen molar-refractivity contribution in [2.45, 2.75) is 52.5 Å². The van der Waals surface area contributed by atoms with Gasteiger partial charge in [0.2, 0.25) is 0 Å². The third kappa shape index (κ3) is 4.79. The Labute approximate surface area is 183 Å². The lowest BCUT2D eigenvalue weighted by Gasteiger charge is -2.25. The van der Waals surface area contributed by atoms with E-state index in [1.54, 1.807) is 41.6 Å². The van der Waals surface area contributed by atoms with Gasteiger partial charge in [0, 0.05) is 24.5 Å². The first-order chi connectivity index (χ1) is 15.0. The van der Waals surface area contributed by atoms with Gasteiger partial charge in [-0.3, -0.25) is 14.6 Å². The molecule has 1 amide bonds. The van der Waals surface area contributed by atoms with E-state index in [0.29, 0.717) is 24.3 Å². The number of hydrogen-bond acceptors (Lipinski definition) is 5. The second-order valence-corrected chi connectivity index (χ2v) is 7.81. The molecule has 1 aromatic heterocycles. The zero-order valence-corrected chi connectivity index (χ0v) is 18.4. The minimum absolute atomic E-state index is 0.108. The summed E-state index contributed by atoms with van der Waals surface area (Å²) in [7, 11) is 0. The monoisotopic (exact) mass is 422 g/mol. The Bertz CT molecular complexity index is 969. The highest BCUT2D eigenvalue weighted by atomic mass is 16.5. The third-order valence-corrected chi connectivity index (χ3v) is 5.45.